The number of rotatable bonds is 3. The monoisotopic (exact) mass is 291 g/mol. The van der Waals surface area contributed by atoms with E-state index >= 15 is 0 Å². The number of carbonyl (C=O) groups excluding carboxylic acids is 1. The molecule has 0 unspecified atom stereocenters. The fourth-order valence-corrected chi connectivity index (χ4v) is 1.55. The van der Waals surface area contributed by atoms with E-state index in [1.165, 1.54) is 0 Å². The third-order valence-electron chi connectivity index (χ3n) is 1.71. The van der Waals surface area contributed by atoms with Gasteiger partial charge in [0.05, 0.1) is 11.5 Å². The van der Waals surface area contributed by atoms with Gasteiger partial charge in [-0.3, -0.25) is 10.1 Å². The minimum Gasteiger partial charge on any atom is -0.462 e. The molecule has 16 heavy (non-hydrogen) atoms. The van der Waals surface area contributed by atoms with Crippen LogP contribution in [0.1, 0.15) is 17.3 Å². The lowest BCUT2D eigenvalue weighted by Crippen LogP contribution is -2.09. The van der Waals surface area contributed by atoms with Gasteiger partial charge in [0, 0.05) is 4.47 Å². The molecule has 86 valence electrons. The van der Waals surface area contributed by atoms with E-state index in [4.69, 9.17) is 0 Å². The molecule has 0 N–H and O–H groups in total. The van der Waals surface area contributed by atoms with E-state index in [2.05, 4.69) is 20.7 Å². The van der Waals surface area contributed by atoms with Crippen molar-refractivity contribution < 1.29 is 18.8 Å². The second-order valence-electron chi connectivity index (χ2n) is 2.76. The van der Waals surface area contributed by atoms with Crippen molar-refractivity contribution in [2.75, 3.05) is 6.61 Å². The molecule has 0 radical (unpaired) electrons. The van der Waals surface area contributed by atoms with Gasteiger partial charge in [0.25, 0.3) is 0 Å². The fourth-order valence-electron chi connectivity index (χ4n) is 1.12. The third kappa shape index (κ3) is 2.54. The smallest absolute Gasteiger partial charge is 0.345 e. The van der Waals surface area contributed by atoms with Crippen LogP contribution in [-0.4, -0.2) is 17.5 Å². The normalized spacial score (nSPS) is 9.94. The Bertz CT molecular complexity index is 449. The first-order valence-electron chi connectivity index (χ1n) is 4.28. The van der Waals surface area contributed by atoms with E-state index in [1.807, 2.05) is 0 Å². The first kappa shape index (κ1) is 12.6. The molecule has 0 aliphatic rings. The van der Waals surface area contributed by atoms with Crippen LogP contribution in [0.3, 0.4) is 0 Å². The van der Waals surface area contributed by atoms with Crippen molar-refractivity contribution in [3.05, 3.63) is 38.1 Å². The maximum atomic E-state index is 13.3. The first-order valence-corrected chi connectivity index (χ1v) is 5.07. The summed E-state index contributed by atoms with van der Waals surface area (Å²) in [5.74, 6) is -2.00. The van der Waals surface area contributed by atoms with Crippen molar-refractivity contribution in [3.8, 4) is 0 Å². The molecule has 5 nitrogen and oxygen atoms in total. The van der Waals surface area contributed by atoms with Crippen LogP contribution < -0.4 is 0 Å². The van der Waals surface area contributed by atoms with Gasteiger partial charge in [-0.15, -0.1) is 0 Å². The highest BCUT2D eigenvalue weighted by Crippen LogP contribution is 2.27. The average molecular weight is 292 g/mol. The van der Waals surface area contributed by atoms with Gasteiger partial charge in [-0.25, -0.2) is 4.79 Å². The van der Waals surface area contributed by atoms with E-state index in [1.54, 1.807) is 6.92 Å². The van der Waals surface area contributed by atoms with E-state index in [9.17, 15) is 19.3 Å². The minimum absolute atomic E-state index is 0.0596. The number of carbonyl (C=O) groups is 1. The molecule has 0 heterocycles. The van der Waals surface area contributed by atoms with E-state index in [0.717, 1.165) is 12.1 Å². The Hall–Kier alpha value is -1.50. The number of benzene rings is 1. The molecule has 1 rings (SSSR count). The van der Waals surface area contributed by atoms with E-state index in [0.29, 0.717) is 0 Å². The number of nitro groups is 1. The molecule has 0 aliphatic carbocycles. The highest BCUT2D eigenvalue weighted by atomic mass is 79.9. The minimum atomic E-state index is -1.08. The topological polar surface area (TPSA) is 69.4 Å². The molecule has 0 saturated heterocycles. The summed E-state index contributed by atoms with van der Waals surface area (Å²) in [6.45, 7) is 1.61. The molecule has 0 atom stereocenters. The van der Waals surface area contributed by atoms with E-state index in [-0.39, 0.29) is 11.1 Å². The molecule has 7 heteroatoms. The summed E-state index contributed by atoms with van der Waals surface area (Å²) in [7, 11) is 0. The lowest BCUT2D eigenvalue weighted by molar-refractivity contribution is -0.387. The highest BCUT2D eigenvalue weighted by Gasteiger charge is 2.26. The van der Waals surface area contributed by atoms with Crippen LogP contribution in [0.15, 0.2) is 16.6 Å². The van der Waals surface area contributed by atoms with Crippen molar-refractivity contribution in [2.24, 2.45) is 0 Å². The number of esters is 1. The molecule has 0 amide bonds. The van der Waals surface area contributed by atoms with E-state index < -0.39 is 28.0 Å². The summed E-state index contributed by atoms with van der Waals surface area (Å²) in [6, 6.07) is 2.07. The number of ether oxygens (including phenoxy) is 1. The average Bonchev–Trinajstić information content (AvgIpc) is 2.15. The van der Waals surface area contributed by atoms with Crippen LogP contribution in [0.4, 0.5) is 10.1 Å². The molecular formula is C9H7BrFNO4. The predicted octanol–water partition coefficient (Wildman–Crippen LogP) is 2.67. The Balaban J connectivity index is 3.35. The van der Waals surface area contributed by atoms with Gasteiger partial charge < -0.3 is 4.74 Å². The van der Waals surface area contributed by atoms with Crippen molar-refractivity contribution in [1.29, 1.82) is 0 Å². The zero-order chi connectivity index (χ0) is 12.3. The number of hydrogen-bond acceptors (Lipinski definition) is 4. The summed E-state index contributed by atoms with van der Waals surface area (Å²) in [5, 5.41) is 10.6. The maximum absolute atomic E-state index is 13.3. The summed E-state index contributed by atoms with van der Waals surface area (Å²) in [5.41, 5.74) is -1.28. The third-order valence-corrected chi connectivity index (χ3v) is 2.16. The summed E-state index contributed by atoms with van der Waals surface area (Å²) in [4.78, 5) is 21.0. The molecule has 0 spiro atoms. The molecular weight excluding hydrogens is 285 g/mol. The maximum Gasteiger partial charge on any atom is 0.345 e. The summed E-state index contributed by atoms with van der Waals surface area (Å²) in [6.07, 6.45) is 0. The Labute approximate surface area is 98.5 Å². The Morgan fingerprint density at radius 2 is 2.25 bits per heavy atom. The standard InChI is InChI=1S/C9H7BrFNO4/c1-2-16-9(13)6-3-5(10)4-7(11)8(6)12(14)15/h3-4H,2H2,1H3. The Kier molecular flexibility index (Phi) is 3.94. The number of halogens is 2. The highest BCUT2D eigenvalue weighted by molar-refractivity contribution is 9.10. The summed E-state index contributed by atoms with van der Waals surface area (Å²) < 4.78 is 18.1. The zero-order valence-corrected chi connectivity index (χ0v) is 9.78. The lowest BCUT2D eigenvalue weighted by Gasteiger charge is -2.04. The van der Waals surface area contributed by atoms with Gasteiger partial charge in [-0.05, 0) is 19.1 Å². The van der Waals surface area contributed by atoms with Crippen LogP contribution in [0.5, 0.6) is 0 Å². The fraction of sp³-hybridized carbons (Fsp3) is 0.222. The van der Waals surface area contributed by atoms with Crippen molar-refractivity contribution in [2.45, 2.75) is 6.92 Å². The van der Waals surface area contributed by atoms with Gasteiger partial charge >= 0.3 is 11.7 Å². The molecule has 0 aliphatic heterocycles. The Morgan fingerprint density at radius 3 is 2.75 bits per heavy atom. The first-order chi connectivity index (χ1) is 7.47. The molecule has 0 aromatic heterocycles. The van der Waals surface area contributed by atoms with Gasteiger partial charge in [0.2, 0.25) is 5.82 Å². The number of nitro benzene ring substituents is 1. The van der Waals surface area contributed by atoms with Gasteiger partial charge in [-0.2, -0.15) is 4.39 Å². The molecule has 0 bridgehead atoms. The molecule has 1 aromatic rings. The SMILES string of the molecule is CCOC(=O)c1cc(Br)cc(F)c1[N+](=O)[O-]. The summed E-state index contributed by atoms with van der Waals surface area (Å²) >= 11 is 2.95. The van der Waals surface area contributed by atoms with Gasteiger partial charge in [0.1, 0.15) is 5.56 Å². The quantitative estimate of drug-likeness (QED) is 0.488. The van der Waals surface area contributed by atoms with Crippen LogP contribution >= 0.6 is 15.9 Å². The Morgan fingerprint density at radius 1 is 1.62 bits per heavy atom. The number of nitrogens with zero attached hydrogens (tertiary/aromatic N) is 1. The zero-order valence-electron chi connectivity index (χ0n) is 8.20. The van der Waals surface area contributed by atoms with Crippen molar-refractivity contribution in [3.63, 3.8) is 0 Å². The van der Waals surface area contributed by atoms with Gasteiger partial charge in [-0.1, -0.05) is 15.9 Å². The second kappa shape index (κ2) is 5.02. The van der Waals surface area contributed by atoms with Crippen LogP contribution in [0.25, 0.3) is 0 Å². The second-order valence-corrected chi connectivity index (χ2v) is 3.68. The lowest BCUT2D eigenvalue weighted by atomic mass is 10.2. The number of hydrogen-bond donors (Lipinski definition) is 0. The predicted molar refractivity (Wildman–Crippen MR) is 56.7 cm³/mol. The van der Waals surface area contributed by atoms with Crippen molar-refractivity contribution >= 4 is 27.6 Å². The van der Waals surface area contributed by atoms with Crippen LogP contribution in [-0.2, 0) is 4.74 Å². The molecule has 0 saturated carbocycles. The van der Waals surface area contributed by atoms with Gasteiger partial charge in [0.15, 0.2) is 0 Å². The molecule has 0 fully saturated rings. The molecule has 1 aromatic carbocycles. The van der Waals surface area contributed by atoms with Crippen LogP contribution in [0, 0.1) is 15.9 Å². The van der Waals surface area contributed by atoms with Crippen LogP contribution in [0.2, 0.25) is 0 Å². The van der Waals surface area contributed by atoms with Crippen molar-refractivity contribution in [1.82, 2.24) is 0 Å². The largest absolute Gasteiger partial charge is 0.462 e.